The summed E-state index contributed by atoms with van der Waals surface area (Å²) in [5.74, 6) is -2.49. The fourth-order valence-electron chi connectivity index (χ4n) is 3.91. The Bertz CT molecular complexity index is 985. The average Bonchev–Trinajstić information content (AvgIpc) is 3.10. The summed E-state index contributed by atoms with van der Waals surface area (Å²) >= 11 is 0. The zero-order chi connectivity index (χ0) is 23.1. The third-order valence-electron chi connectivity index (χ3n) is 5.67. The van der Waals surface area contributed by atoms with Crippen LogP contribution in [0.5, 0.6) is 0 Å². The van der Waals surface area contributed by atoms with Crippen molar-refractivity contribution < 1.29 is 24.2 Å². The summed E-state index contributed by atoms with van der Waals surface area (Å²) < 4.78 is 5.46. The maximum Gasteiger partial charge on any atom is 0.433 e. The zero-order valence-electron chi connectivity index (χ0n) is 18.1. The maximum atomic E-state index is 12.5. The van der Waals surface area contributed by atoms with E-state index in [1.165, 1.54) is 6.92 Å². The predicted molar refractivity (Wildman–Crippen MR) is 122 cm³/mol. The molecule has 0 bridgehead atoms. The van der Waals surface area contributed by atoms with Crippen LogP contribution >= 0.6 is 0 Å². The van der Waals surface area contributed by atoms with Crippen LogP contribution < -0.4 is 5.73 Å². The summed E-state index contributed by atoms with van der Waals surface area (Å²) in [5.41, 5.74) is 9.96. The Balaban J connectivity index is 1.72. The Morgan fingerprint density at radius 3 is 2.19 bits per heavy atom. The van der Waals surface area contributed by atoms with E-state index in [1.54, 1.807) is 0 Å². The van der Waals surface area contributed by atoms with Crippen LogP contribution in [0.3, 0.4) is 0 Å². The molecule has 1 aliphatic carbocycles. The lowest BCUT2D eigenvalue weighted by atomic mass is 9.98. The van der Waals surface area contributed by atoms with E-state index in [4.69, 9.17) is 15.6 Å². The molecule has 3 N–H and O–H groups in total. The van der Waals surface area contributed by atoms with Gasteiger partial charge in [-0.15, -0.1) is 0 Å². The number of carboxylic acids is 1. The monoisotopic (exact) mass is 436 g/mol. The molecule has 1 atom stereocenters. The number of ether oxygens (including phenoxy) is 1. The molecule has 0 heterocycles. The molecule has 0 saturated carbocycles. The van der Waals surface area contributed by atoms with E-state index in [0.717, 1.165) is 22.3 Å². The minimum Gasteiger partial charge on any atom is -0.481 e. The lowest BCUT2D eigenvalue weighted by molar-refractivity contribution is -0.142. The van der Waals surface area contributed by atoms with Crippen molar-refractivity contribution in [1.82, 2.24) is 0 Å². The van der Waals surface area contributed by atoms with Crippen LogP contribution in [-0.2, 0) is 14.3 Å². The molecule has 7 heteroatoms. The highest BCUT2D eigenvalue weighted by atomic mass is 16.5. The van der Waals surface area contributed by atoms with Gasteiger partial charge in [0.25, 0.3) is 0 Å². The standard InChI is InChI=1S/C25H28N2O5/c1-16(24(29)30)14-23(28)22(12-6-7-13-26)27-25(31)32-15-21-19-10-4-2-8-17(19)18-9-3-5-11-20(18)21/h2-5,8-11,16,21H,6-7,12-15,26H2,1H3,(H,29,30). The number of carboxylic acid groups (broad SMARTS) is 1. The molecule has 0 spiro atoms. The van der Waals surface area contributed by atoms with E-state index in [2.05, 4.69) is 4.99 Å². The van der Waals surface area contributed by atoms with Gasteiger partial charge in [0.2, 0.25) is 0 Å². The number of hydrogen-bond acceptors (Lipinski definition) is 5. The molecule has 168 valence electrons. The van der Waals surface area contributed by atoms with E-state index in [1.807, 2.05) is 48.5 Å². The molecule has 32 heavy (non-hydrogen) atoms. The second-order valence-electron chi connectivity index (χ2n) is 7.97. The molecule has 0 fully saturated rings. The van der Waals surface area contributed by atoms with Crippen molar-refractivity contribution in [3.8, 4) is 11.1 Å². The quantitative estimate of drug-likeness (QED) is 0.426. The number of aliphatic imine (C=N–C) groups is 1. The number of ketones is 1. The number of carbonyl (C=O) groups excluding carboxylic acids is 2. The summed E-state index contributed by atoms with van der Waals surface area (Å²) in [7, 11) is 0. The highest BCUT2D eigenvalue weighted by Crippen LogP contribution is 2.44. The minimum atomic E-state index is -1.07. The number of nitrogens with two attached hydrogens (primary N) is 1. The smallest absolute Gasteiger partial charge is 0.433 e. The number of fused-ring (bicyclic) bond motifs is 3. The fraction of sp³-hybridized carbons (Fsp3) is 0.360. The van der Waals surface area contributed by atoms with Crippen LogP contribution in [0.4, 0.5) is 4.79 Å². The van der Waals surface area contributed by atoms with Gasteiger partial charge < -0.3 is 15.6 Å². The highest BCUT2D eigenvalue weighted by Gasteiger charge is 2.29. The van der Waals surface area contributed by atoms with E-state index in [0.29, 0.717) is 19.4 Å². The first-order valence-corrected chi connectivity index (χ1v) is 10.8. The number of benzene rings is 2. The Morgan fingerprint density at radius 2 is 1.62 bits per heavy atom. The van der Waals surface area contributed by atoms with Crippen LogP contribution in [0, 0.1) is 5.92 Å². The second-order valence-corrected chi connectivity index (χ2v) is 7.97. The molecule has 7 nitrogen and oxygen atoms in total. The van der Waals surface area contributed by atoms with Crippen LogP contribution in [0.2, 0.25) is 0 Å². The minimum absolute atomic E-state index is 0.0452. The van der Waals surface area contributed by atoms with Gasteiger partial charge in [-0.1, -0.05) is 55.5 Å². The number of Topliss-reactive ketones (excluding diaryl/α,β-unsaturated/α-hetero) is 1. The predicted octanol–water partition coefficient (Wildman–Crippen LogP) is 4.19. The molecule has 0 radical (unpaired) electrons. The van der Waals surface area contributed by atoms with Crippen LogP contribution in [0.25, 0.3) is 11.1 Å². The van der Waals surface area contributed by atoms with Crippen molar-refractivity contribution in [2.45, 2.75) is 38.5 Å². The van der Waals surface area contributed by atoms with E-state index in [-0.39, 0.29) is 31.1 Å². The third kappa shape index (κ3) is 5.48. The summed E-state index contributed by atoms with van der Waals surface area (Å²) in [6, 6.07) is 16.0. The first-order chi connectivity index (χ1) is 15.4. The second kappa shape index (κ2) is 10.8. The Kier molecular flexibility index (Phi) is 7.89. The lowest BCUT2D eigenvalue weighted by Crippen LogP contribution is -2.23. The SMILES string of the molecule is CC(CC(=O)C(CCCCN)=NC(=O)OCC1c2ccccc2-c2ccccc21)C(=O)O. The summed E-state index contributed by atoms with van der Waals surface area (Å²) in [6.07, 6.45) is 0.455. The molecule has 2 aromatic carbocycles. The Labute approximate surface area is 187 Å². The molecule has 1 aliphatic rings. The molecule has 2 aromatic rings. The molecule has 0 aliphatic heterocycles. The van der Waals surface area contributed by atoms with Crippen molar-refractivity contribution in [3.63, 3.8) is 0 Å². The van der Waals surface area contributed by atoms with Gasteiger partial charge in [-0.2, -0.15) is 4.99 Å². The third-order valence-corrected chi connectivity index (χ3v) is 5.67. The Hall–Kier alpha value is -3.32. The number of aliphatic carboxylic acids is 1. The average molecular weight is 437 g/mol. The molecule has 3 rings (SSSR count). The molecule has 1 unspecified atom stereocenters. The summed E-state index contributed by atoms with van der Waals surface area (Å²) in [6.45, 7) is 2.01. The van der Waals surface area contributed by atoms with Crippen LogP contribution in [0.15, 0.2) is 53.5 Å². The molecule has 0 aromatic heterocycles. The first-order valence-electron chi connectivity index (χ1n) is 10.8. The van der Waals surface area contributed by atoms with Crippen molar-refractivity contribution >= 4 is 23.6 Å². The number of nitrogens with zero attached hydrogens (tertiary/aromatic N) is 1. The van der Waals surface area contributed by atoms with Crippen LogP contribution in [-0.4, -0.2) is 41.8 Å². The molecular weight excluding hydrogens is 408 g/mol. The van der Waals surface area contributed by atoms with Gasteiger partial charge >= 0.3 is 12.1 Å². The van der Waals surface area contributed by atoms with E-state index in [9.17, 15) is 14.4 Å². The van der Waals surface area contributed by atoms with Gasteiger partial charge in [-0.3, -0.25) is 9.59 Å². The van der Waals surface area contributed by atoms with E-state index < -0.39 is 23.8 Å². The fourth-order valence-corrected chi connectivity index (χ4v) is 3.91. The Morgan fingerprint density at radius 1 is 1.03 bits per heavy atom. The summed E-state index contributed by atoms with van der Waals surface area (Å²) in [4.78, 5) is 40.0. The van der Waals surface area contributed by atoms with Crippen molar-refractivity contribution in [2.75, 3.05) is 13.2 Å². The molecule has 1 amide bonds. The lowest BCUT2D eigenvalue weighted by Gasteiger charge is -2.13. The van der Waals surface area contributed by atoms with E-state index >= 15 is 0 Å². The van der Waals surface area contributed by atoms with Crippen LogP contribution in [0.1, 0.15) is 49.7 Å². The largest absolute Gasteiger partial charge is 0.481 e. The number of carbonyl (C=O) groups is 3. The van der Waals surface area contributed by atoms with Gasteiger partial charge in [0.05, 0.1) is 11.6 Å². The topological polar surface area (TPSA) is 119 Å². The molecular formula is C25H28N2O5. The normalized spacial score (nSPS) is 13.9. The van der Waals surface area contributed by atoms with Gasteiger partial charge in [-0.25, -0.2) is 4.79 Å². The number of rotatable bonds is 10. The maximum absolute atomic E-state index is 12.5. The van der Waals surface area contributed by atoms with Gasteiger partial charge in [0, 0.05) is 12.3 Å². The van der Waals surface area contributed by atoms with Gasteiger partial charge in [0.15, 0.2) is 5.78 Å². The van der Waals surface area contributed by atoms with Gasteiger partial charge in [0.1, 0.15) is 6.61 Å². The molecule has 0 saturated heterocycles. The van der Waals surface area contributed by atoms with Crippen molar-refractivity contribution in [2.24, 2.45) is 16.6 Å². The van der Waals surface area contributed by atoms with Gasteiger partial charge in [-0.05, 0) is 48.1 Å². The summed E-state index contributed by atoms with van der Waals surface area (Å²) in [5, 5.41) is 9.07. The highest BCUT2D eigenvalue weighted by molar-refractivity contribution is 6.41. The van der Waals surface area contributed by atoms with Crippen molar-refractivity contribution in [3.05, 3.63) is 59.7 Å². The number of unbranched alkanes of at least 4 members (excludes halogenated alkanes) is 1. The zero-order valence-corrected chi connectivity index (χ0v) is 18.1. The first kappa shape index (κ1) is 23.3. The van der Waals surface area contributed by atoms with Crippen molar-refractivity contribution in [1.29, 1.82) is 0 Å². The number of amides is 1. The number of hydrogen-bond donors (Lipinski definition) is 2.